The van der Waals surface area contributed by atoms with Crippen LogP contribution in [-0.4, -0.2) is 63.5 Å². The van der Waals surface area contributed by atoms with Crippen LogP contribution in [0.1, 0.15) is 18.4 Å². The van der Waals surface area contributed by atoms with Gasteiger partial charge < -0.3 is 24.1 Å². The topological polar surface area (TPSA) is 108 Å². The van der Waals surface area contributed by atoms with Crippen molar-refractivity contribution >= 4 is 17.7 Å². The highest BCUT2D eigenvalue weighted by Gasteiger charge is 2.47. The monoisotopic (exact) mass is 406 g/mol. The number of aromatic hydroxyl groups is 1. The summed E-state index contributed by atoms with van der Waals surface area (Å²) < 4.78 is 20.2. The third-order valence-electron chi connectivity index (χ3n) is 4.71. The zero-order valence-corrected chi connectivity index (χ0v) is 16.8. The minimum absolute atomic E-state index is 0.0163. The Hall–Kier alpha value is -2.71. The minimum Gasteiger partial charge on any atom is -0.508 e. The lowest BCUT2D eigenvalue weighted by Crippen LogP contribution is -2.42. The van der Waals surface area contributed by atoms with Crippen LogP contribution >= 0.6 is 0 Å². The summed E-state index contributed by atoms with van der Waals surface area (Å²) in [6.45, 7) is 2.07. The lowest BCUT2D eigenvalue weighted by Gasteiger charge is -2.34. The standard InChI is InChI=1S/C21H26O8/c1-13-11-16(23)19(21(25)29-10-8-27-3)18(14-5-4-6-15(22)12-14)17(13)20(24)28-9-7-26-2/h4-6,11-12,17-19,22H,7-10H2,1-3H3. The molecule has 3 unspecified atom stereocenters. The van der Waals surface area contributed by atoms with Gasteiger partial charge in [0.05, 0.1) is 19.1 Å². The molecule has 1 aromatic carbocycles. The van der Waals surface area contributed by atoms with E-state index in [2.05, 4.69) is 0 Å². The number of esters is 2. The number of ketones is 1. The predicted molar refractivity (Wildman–Crippen MR) is 102 cm³/mol. The van der Waals surface area contributed by atoms with Crippen molar-refractivity contribution in [3.63, 3.8) is 0 Å². The maximum Gasteiger partial charge on any atom is 0.317 e. The summed E-state index contributed by atoms with van der Waals surface area (Å²) >= 11 is 0. The van der Waals surface area contributed by atoms with Gasteiger partial charge in [0.25, 0.3) is 0 Å². The van der Waals surface area contributed by atoms with Crippen LogP contribution in [0.25, 0.3) is 0 Å². The molecule has 1 N–H and O–H groups in total. The first-order chi connectivity index (χ1) is 13.9. The fraction of sp³-hybridized carbons (Fsp3) is 0.476. The lowest BCUT2D eigenvalue weighted by molar-refractivity contribution is -0.156. The highest BCUT2D eigenvalue weighted by Crippen LogP contribution is 2.42. The van der Waals surface area contributed by atoms with Gasteiger partial charge in [-0.25, -0.2) is 0 Å². The van der Waals surface area contributed by atoms with E-state index in [1.54, 1.807) is 19.1 Å². The normalized spacial score (nSPS) is 21.4. The molecule has 158 valence electrons. The molecule has 0 amide bonds. The summed E-state index contributed by atoms with van der Waals surface area (Å²) in [4.78, 5) is 38.3. The molecule has 0 bridgehead atoms. The molecule has 8 heteroatoms. The number of allylic oxidation sites excluding steroid dienone is 1. The number of rotatable bonds is 9. The van der Waals surface area contributed by atoms with Gasteiger partial charge in [-0.15, -0.1) is 0 Å². The quantitative estimate of drug-likeness (QED) is 0.374. The lowest BCUT2D eigenvalue weighted by atomic mass is 9.68. The summed E-state index contributed by atoms with van der Waals surface area (Å²) in [6, 6.07) is 6.14. The molecule has 8 nitrogen and oxygen atoms in total. The fourth-order valence-electron chi connectivity index (χ4n) is 3.40. The maximum atomic E-state index is 12.8. The molecule has 0 saturated carbocycles. The molecule has 0 fully saturated rings. The van der Waals surface area contributed by atoms with Crippen LogP contribution in [0.4, 0.5) is 0 Å². The van der Waals surface area contributed by atoms with Crippen molar-refractivity contribution in [3.8, 4) is 5.75 Å². The molecule has 29 heavy (non-hydrogen) atoms. The van der Waals surface area contributed by atoms with Crippen LogP contribution in [0.15, 0.2) is 35.9 Å². The average Bonchev–Trinajstić information content (AvgIpc) is 2.67. The Kier molecular flexibility index (Phi) is 8.35. The van der Waals surface area contributed by atoms with Crippen LogP contribution in [0.3, 0.4) is 0 Å². The van der Waals surface area contributed by atoms with Crippen LogP contribution in [-0.2, 0) is 33.3 Å². The van der Waals surface area contributed by atoms with Gasteiger partial charge in [0.15, 0.2) is 5.78 Å². The number of hydrogen-bond donors (Lipinski definition) is 1. The van der Waals surface area contributed by atoms with Crippen molar-refractivity contribution in [2.45, 2.75) is 12.8 Å². The van der Waals surface area contributed by atoms with E-state index >= 15 is 0 Å². The van der Waals surface area contributed by atoms with Crippen LogP contribution in [0.5, 0.6) is 5.75 Å². The molecule has 0 saturated heterocycles. The third-order valence-corrected chi connectivity index (χ3v) is 4.71. The summed E-state index contributed by atoms with van der Waals surface area (Å²) in [6.07, 6.45) is 1.28. The first-order valence-corrected chi connectivity index (χ1v) is 9.22. The summed E-state index contributed by atoms with van der Waals surface area (Å²) in [5.41, 5.74) is 0.944. The number of phenolic OH excluding ortho intramolecular Hbond substituents is 1. The Bertz CT molecular complexity index is 770. The van der Waals surface area contributed by atoms with Gasteiger partial charge in [0, 0.05) is 20.1 Å². The fourth-order valence-corrected chi connectivity index (χ4v) is 3.40. The Morgan fingerprint density at radius 3 is 2.10 bits per heavy atom. The Morgan fingerprint density at radius 1 is 0.966 bits per heavy atom. The molecular formula is C21H26O8. The molecular weight excluding hydrogens is 380 g/mol. The van der Waals surface area contributed by atoms with Gasteiger partial charge in [0.2, 0.25) is 0 Å². The van der Waals surface area contributed by atoms with Gasteiger partial charge in [0.1, 0.15) is 24.9 Å². The van der Waals surface area contributed by atoms with Crippen molar-refractivity contribution < 1.29 is 38.4 Å². The summed E-state index contributed by atoms with van der Waals surface area (Å²) in [7, 11) is 2.95. The molecule has 0 aromatic heterocycles. The molecule has 1 aliphatic carbocycles. The zero-order chi connectivity index (χ0) is 21.4. The van der Waals surface area contributed by atoms with Crippen LogP contribution in [0, 0.1) is 11.8 Å². The highest BCUT2D eigenvalue weighted by atomic mass is 16.6. The number of ether oxygens (including phenoxy) is 4. The van der Waals surface area contributed by atoms with E-state index in [4.69, 9.17) is 18.9 Å². The zero-order valence-electron chi connectivity index (χ0n) is 16.8. The molecule has 1 aliphatic rings. The van der Waals surface area contributed by atoms with Gasteiger partial charge in [-0.3, -0.25) is 14.4 Å². The molecule has 0 heterocycles. The van der Waals surface area contributed by atoms with E-state index in [9.17, 15) is 19.5 Å². The third kappa shape index (κ3) is 5.65. The van der Waals surface area contributed by atoms with Crippen LogP contribution in [0.2, 0.25) is 0 Å². The maximum absolute atomic E-state index is 12.8. The van der Waals surface area contributed by atoms with Gasteiger partial charge >= 0.3 is 11.9 Å². The number of carbonyl (C=O) groups is 3. The van der Waals surface area contributed by atoms with Gasteiger partial charge in [-0.1, -0.05) is 17.7 Å². The van der Waals surface area contributed by atoms with Crippen molar-refractivity contribution in [2.24, 2.45) is 11.8 Å². The summed E-state index contributed by atoms with van der Waals surface area (Å²) in [5.74, 6) is -4.82. The molecule has 2 rings (SSSR count). The molecule has 0 spiro atoms. The predicted octanol–water partition coefficient (Wildman–Crippen LogP) is 1.62. The van der Waals surface area contributed by atoms with E-state index in [1.807, 2.05) is 0 Å². The van der Waals surface area contributed by atoms with E-state index in [0.29, 0.717) is 11.1 Å². The first kappa shape index (κ1) is 22.6. The second-order valence-corrected chi connectivity index (χ2v) is 6.69. The van der Waals surface area contributed by atoms with E-state index < -0.39 is 35.5 Å². The Labute approximate surface area is 169 Å². The smallest absolute Gasteiger partial charge is 0.317 e. The summed E-state index contributed by atoms with van der Waals surface area (Å²) in [5, 5.41) is 9.91. The van der Waals surface area contributed by atoms with Gasteiger partial charge in [-0.2, -0.15) is 0 Å². The Morgan fingerprint density at radius 2 is 1.55 bits per heavy atom. The van der Waals surface area contributed by atoms with E-state index in [1.165, 1.54) is 32.4 Å². The Balaban J connectivity index is 2.43. The molecule has 3 atom stereocenters. The van der Waals surface area contributed by atoms with E-state index in [-0.39, 0.29) is 32.2 Å². The second-order valence-electron chi connectivity index (χ2n) is 6.69. The SMILES string of the molecule is COCCOC(=O)C1C(=O)C=C(C)C(C(=O)OCCOC)C1c1cccc(O)c1. The van der Waals surface area contributed by atoms with Crippen molar-refractivity contribution in [1.82, 2.24) is 0 Å². The van der Waals surface area contributed by atoms with Gasteiger partial charge in [-0.05, 0) is 30.7 Å². The number of hydrogen-bond acceptors (Lipinski definition) is 8. The number of methoxy groups -OCH3 is 2. The number of carbonyl (C=O) groups excluding carboxylic acids is 3. The van der Waals surface area contributed by atoms with Crippen molar-refractivity contribution in [2.75, 3.05) is 40.6 Å². The van der Waals surface area contributed by atoms with Crippen molar-refractivity contribution in [3.05, 3.63) is 41.5 Å². The largest absolute Gasteiger partial charge is 0.508 e. The number of benzene rings is 1. The first-order valence-electron chi connectivity index (χ1n) is 9.22. The van der Waals surface area contributed by atoms with E-state index in [0.717, 1.165) is 0 Å². The molecule has 0 radical (unpaired) electrons. The van der Waals surface area contributed by atoms with Crippen LogP contribution < -0.4 is 0 Å². The highest BCUT2D eigenvalue weighted by molar-refractivity contribution is 6.08. The average molecular weight is 406 g/mol. The second kappa shape index (κ2) is 10.7. The molecule has 1 aromatic rings. The number of phenols is 1. The minimum atomic E-state index is -1.24. The van der Waals surface area contributed by atoms with Crippen molar-refractivity contribution in [1.29, 1.82) is 0 Å². The molecule has 0 aliphatic heterocycles.